The number of aryl methyl sites for hydroxylation is 1. The molecule has 0 atom stereocenters. The van der Waals surface area contributed by atoms with Crippen LogP contribution in [0.4, 0.5) is 0 Å². The van der Waals surface area contributed by atoms with Crippen molar-refractivity contribution in [3.05, 3.63) is 22.5 Å². The highest BCUT2D eigenvalue weighted by molar-refractivity contribution is 7.21. The Morgan fingerprint density at radius 2 is 2.24 bits per heavy atom. The summed E-state index contributed by atoms with van der Waals surface area (Å²) in [4.78, 5) is 4.62. The van der Waals surface area contributed by atoms with Crippen molar-refractivity contribution in [3.8, 4) is 11.8 Å². The topological polar surface area (TPSA) is 45.9 Å². The second-order valence-electron chi connectivity index (χ2n) is 5.71. The molecule has 0 aliphatic heterocycles. The van der Waals surface area contributed by atoms with E-state index in [0.717, 1.165) is 32.8 Å². The number of fused-ring (bicyclic) bond motifs is 3. The fourth-order valence-electron chi connectivity index (χ4n) is 2.18. The van der Waals surface area contributed by atoms with Crippen molar-refractivity contribution in [1.29, 1.82) is 5.26 Å². The molecule has 2 aromatic heterocycles. The average molecular weight is 316 g/mol. The first-order chi connectivity index (χ1) is 10.00. The van der Waals surface area contributed by atoms with Crippen LogP contribution in [0.25, 0.3) is 20.3 Å². The van der Waals surface area contributed by atoms with Gasteiger partial charge < -0.3 is 4.74 Å². The number of benzene rings is 1. The Hall–Kier alpha value is -1.64. The largest absolute Gasteiger partial charge is 0.493 e. The van der Waals surface area contributed by atoms with E-state index in [9.17, 15) is 0 Å². The molecule has 0 saturated carbocycles. The maximum absolute atomic E-state index is 9.06. The number of aromatic nitrogens is 1. The lowest BCUT2D eigenvalue weighted by Gasteiger charge is -2.15. The lowest BCUT2D eigenvalue weighted by atomic mass is 9.92. The van der Waals surface area contributed by atoms with Crippen molar-refractivity contribution in [3.63, 3.8) is 0 Å². The van der Waals surface area contributed by atoms with Gasteiger partial charge in [-0.3, -0.25) is 0 Å². The second-order valence-corrected chi connectivity index (χ2v) is 7.86. The molecule has 0 saturated heterocycles. The molecule has 3 aromatic rings. The molecule has 0 amide bonds. The first-order valence-electron chi connectivity index (χ1n) is 6.81. The molecular weight excluding hydrogens is 300 g/mol. The zero-order chi connectivity index (χ0) is 15.0. The summed E-state index contributed by atoms with van der Waals surface area (Å²) in [6.07, 6.45) is 0.717. The number of thiazole rings is 1. The minimum absolute atomic E-state index is 0.348. The maximum Gasteiger partial charge on any atom is 0.129 e. The number of hydrogen-bond acceptors (Lipinski definition) is 5. The Bertz CT molecular complexity index is 839. The van der Waals surface area contributed by atoms with Gasteiger partial charge in [-0.15, -0.1) is 22.7 Å². The number of rotatable bonds is 4. The molecule has 0 N–H and O–H groups in total. The highest BCUT2D eigenvalue weighted by Gasteiger charge is 2.17. The SMILES string of the molecule is Cc1nc2c(cc(OCCC(C)(C)C#N)c3ccsc32)s1. The van der Waals surface area contributed by atoms with Gasteiger partial charge >= 0.3 is 0 Å². The molecule has 108 valence electrons. The summed E-state index contributed by atoms with van der Waals surface area (Å²) in [5.41, 5.74) is 0.728. The summed E-state index contributed by atoms with van der Waals surface area (Å²) >= 11 is 3.39. The van der Waals surface area contributed by atoms with Gasteiger partial charge in [0.2, 0.25) is 0 Å². The van der Waals surface area contributed by atoms with Crippen LogP contribution >= 0.6 is 22.7 Å². The molecule has 21 heavy (non-hydrogen) atoms. The third kappa shape index (κ3) is 2.74. The first kappa shape index (κ1) is 14.3. The standard InChI is InChI=1S/C16H16N2OS2/c1-10-18-14-13(21-10)8-12(11-4-7-20-15(11)14)19-6-5-16(2,3)9-17/h4,7-8H,5-6H2,1-3H3. The summed E-state index contributed by atoms with van der Waals surface area (Å²) in [5.74, 6) is 0.899. The predicted octanol–water partition coefficient (Wildman–Crippen LogP) is 5.14. The van der Waals surface area contributed by atoms with Crippen LogP contribution in [0.15, 0.2) is 17.5 Å². The van der Waals surface area contributed by atoms with Crippen molar-refractivity contribution in [2.75, 3.05) is 6.61 Å². The van der Waals surface area contributed by atoms with E-state index < -0.39 is 0 Å². The van der Waals surface area contributed by atoms with Crippen LogP contribution in [0.3, 0.4) is 0 Å². The van der Waals surface area contributed by atoms with E-state index in [-0.39, 0.29) is 5.41 Å². The van der Waals surface area contributed by atoms with Gasteiger partial charge in [0.25, 0.3) is 0 Å². The zero-order valence-electron chi connectivity index (χ0n) is 12.3. The van der Waals surface area contributed by atoms with Crippen molar-refractivity contribution in [1.82, 2.24) is 4.98 Å². The molecule has 2 heterocycles. The molecule has 0 bridgehead atoms. The van der Waals surface area contributed by atoms with Gasteiger partial charge in [0.15, 0.2) is 0 Å². The molecular formula is C16H16N2OS2. The number of ether oxygens (including phenoxy) is 1. The van der Waals surface area contributed by atoms with Crippen LogP contribution < -0.4 is 4.74 Å². The maximum atomic E-state index is 9.06. The summed E-state index contributed by atoms with van der Waals surface area (Å²) in [5, 5.41) is 13.3. The minimum atomic E-state index is -0.348. The van der Waals surface area contributed by atoms with Crippen LogP contribution in [-0.2, 0) is 0 Å². The molecule has 3 rings (SSSR count). The monoisotopic (exact) mass is 316 g/mol. The van der Waals surface area contributed by atoms with E-state index in [1.807, 2.05) is 20.8 Å². The molecule has 5 heteroatoms. The van der Waals surface area contributed by atoms with E-state index in [0.29, 0.717) is 6.61 Å². The molecule has 0 fully saturated rings. The second kappa shape index (κ2) is 5.28. The van der Waals surface area contributed by atoms with Crippen molar-refractivity contribution in [2.24, 2.45) is 5.41 Å². The predicted molar refractivity (Wildman–Crippen MR) is 89.2 cm³/mol. The van der Waals surface area contributed by atoms with Crippen molar-refractivity contribution >= 4 is 43.0 Å². The van der Waals surface area contributed by atoms with Crippen LogP contribution in [0.5, 0.6) is 5.75 Å². The van der Waals surface area contributed by atoms with E-state index in [1.54, 1.807) is 22.7 Å². The van der Waals surface area contributed by atoms with E-state index >= 15 is 0 Å². The van der Waals surface area contributed by atoms with Crippen LogP contribution in [-0.4, -0.2) is 11.6 Å². The molecule has 0 aliphatic carbocycles. The number of nitrogens with zero attached hydrogens (tertiary/aromatic N) is 2. The zero-order valence-corrected chi connectivity index (χ0v) is 13.9. The van der Waals surface area contributed by atoms with Crippen LogP contribution in [0.2, 0.25) is 0 Å². The number of nitriles is 1. The van der Waals surface area contributed by atoms with E-state index in [4.69, 9.17) is 10.00 Å². The van der Waals surface area contributed by atoms with Gasteiger partial charge in [0.05, 0.1) is 38.0 Å². The Balaban J connectivity index is 1.94. The van der Waals surface area contributed by atoms with Gasteiger partial charge in [-0.25, -0.2) is 4.98 Å². The summed E-state index contributed by atoms with van der Waals surface area (Å²) in [6, 6.07) is 6.47. The molecule has 3 nitrogen and oxygen atoms in total. The van der Waals surface area contributed by atoms with Gasteiger partial charge in [-0.05, 0) is 38.6 Å². The van der Waals surface area contributed by atoms with Gasteiger partial charge in [0.1, 0.15) is 5.75 Å². The van der Waals surface area contributed by atoms with E-state index in [2.05, 4.69) is 28.6 Å². The highest BCUT2D eigenvalue weighted by atomic mass is 32.1. The van der Waals surface area contributed by atoms with Gasteiger partial charge in [-0.2, -0.15) is 5.26 Å². The summed E-state index contributed by atoms with van der Waals surface area (Å²) in [6.45, 7) is 6.45. The van der Waals surface area contributed by atoms with Crippen molar-refractivity contribution in [2.45, 2.75) is 27.2 Å². The third-order valence-electron chi connectivity index (χ3n) is 3.46. The highest BCUT2D eigenvalue weighted by Crippen LogP contribution is 2.39. The van der Waals surface area contributed by atoms with Gasteiger partial charge in [0, 0.05) is 11.5 Å². The third-order valence-corrected chi connectivity index (χ3v) is 5.29. The average Bonchev–Trinajstić information content (AvgIpc) is 3.03. The normalized spacial score (nSPS) is 11.9. The fraction of sp³-hybridized carbons (Fsp3) is 0.375. The van der Waals surface area contributed by atoms with E-state index in [1.165, 1.54) is 4.70 Å². The Labute approximate surface area is 131 Å². The van der Waals surface area contributed by atoms with Crippen molar-refractivity contribution < 1.29 is 4.74 Å². The molecule has 1 aromatic carbocycles. The fourth-order valence-corrected chi connectivity index (χ4v) is 4.01. The first-order valence-corrected chi connectivity index (χ1v) is 8.51. The number of hydrogen-bond donors (Lipinski definition) is 0. The smallest absolute Gasteiger partial charge is 0.129 e. The summed E-state index contributed by atoms with van der Waals surface area (Å²) < 4.78 is 8.32. The van der Waals surface area contributed by atoms with Crippen LogP contribution in [0.1, 0.15) is 25.3 Å². The lowest BCUT2D eigenvalue weighted by molar-refractivity contribution is 0.267. The molecule has 0 spiro atoms. The lowest BCUT2D eigenvalue weighted by Crippen LogP contribution is -2.13. The van der Waals surface area contributed by atoms with Crippen LogP contribution in [0, 0.1) is 23.7 Å². The Morgan fingerprint density at radius 3 is 3.00 bits per heavy atom. The molecule has 0 aliphatic rings. The molecule has 0 unspecified atom stereocenters. The Morgan fingerprint density at radius 1 is 1.43 bits per heavy atom. The molecule has 0 radical (unpaired) electrons. The quantitative estimate of drug-likeness (QED) is 0.669. The van der Waals surface area contributed by atoms with Gasteiger partial charge in [-0.1, -0.05) is 0 Å². The Kier molecular flexibility index (Phi) is 3.60. The minimum Gasteiger partial charge on any atom is -0.493 e. The number of thiophene rings is 1. The summed E-state index contributed by atoms with van der Waals surface area (Å²) in [7, 11) is 0.